The van der Waals surface area contributed by atoms with Crippen LogP contribution in [0.5, 0.6) is 0 Å². The molecule has 0 aromatic heterocycles. The van der Waals surface area contributed by atoms with Crippen molar-refractivity contribution in [1.82, 2.24) is 0 Å². The first kappa shape index (κ1) is 24.5. The van der Waals surface area contributed by atoms with E-state index < -0.39 is 0 Å². The molecule has 2 N–H and O–H groups in total. The van der Waals surface area contributed by atoms with Crippen molar-refractivity contribution in [3.05, 3.63) is 23.3 Å². The highest BCUT2D eigenvalue weighted by Crippen LogP contribution is 2.72. The number of aliphatic hydroxyl groups is 2. The summed E-state index contributed by atoms with van der Waals surface area (Å²) in [5.41, 5.74) is 5.51. The van der Waals surface area contributed by atoms with Crippen molar-refractivity contribution in [1.29, 1.82) is 0 Å². The highest BCUT2D eigenvalue weighted by atomic mass is 16.3. The Bertz CT molecular complexity index is 793. The van der Waals surface area contributed by atoms with Crippen molar-refractivity contribution in [2.75, 3.05) is 0 Å². The number of hydrogen-bond donors (Lipinski definition) is 2. The van der Waals surface area contributed by atoms with Crippen molar-refractivity contribution in [3.63, 3.8) is 0 Å². The van der Waals surface area contributed by atoms with Crippen LogP contribution in [0.3, 0.4) is 0 Å². The first-order chi connectivity index (χ1) is 14.8. The first-order valence-corrected chi connectivity index (χ1v) is 13.5. The summed E-state index contributed by atoms with van der Waals surface area (Å²) in [6, 6.07) is 0. The monoisotopic (exact) mass is 442 g/mol. The van der Waals surface area contributed by atoms with Gasteiger partial charge >= 0.3 is 0 Å². The summed E-state index contributed by atoms with van der Waals surface area (Å²) in [7, 11) is 0. The second-order valence-electron chi connectivity index (χ2n) is 13.7. The van der Waals surface area contributed by atoms with Crippen LogP contribution in [0.15, 0.2) is 23.3 Å². The number of rotatable bonds is 5. The molecule has 4 rings (SSSR count). The van der Waals surface area contributed by atoms with E-state index in [1.165, 1.54) is 38.5 Å². The standard InChI is InChI=1S/C30H50O2/c1-19(2)24(31)11-9-20(3)21-13-17-30(8)23-10-12-25-27(4,5)26(32)15-16-28(25,6)22(23)14-18-29(21,30)7/h20-21,24-26,31-32H,1,9-18H2,2-8H3/t20-,21+,24?,25+,26+,28-,29+,30-/m1/s1. The Morgan fingerprint density at radius 3 is 2.31 bits per heavy atom. The third-order valence-corrected chi connectivity index (χ3v) is 11.9. The average molecular weight is 443 g/mol. The van der Waals surface area contributed by atoms with Crippen molar-refractivity contribution >= 4 is 0 Å². The third kappa shape index (κ3) is 3.33. The van der Waals surface area contributed by atoms with Gasteiger partial charge in [-0.05, 0) is 111 Å². The summed E-state index contributed by atoms with van der Waals surface area (Å²) in [4.78, 5) is 0. The minimum Gasteiger partial charge on any atom is -0.393 e. The normalized spacial score (nSPS) is 45.0. The van der Waals surface area contributed by atoms with E-state index in [9.17, 15) is 10.2 Å². The van der Waals surface area contributed by atoms with E-state index in [-0.39, 0.29) is 23.0 Å². The molecule has 0 amide bonds. The second kappa shape index (κ2) is 7.98. The zero-order valence-corrected chi connectivity index (χ0v) is 22.1. The van der Waals surface area contributed by atoms with Crippen LogP contribution in [0, 0.1) is 39.4 Å². The van der Waals surface area contributed by atoms with Gasteiger partial charge < -0.3 is 10.2 Å². The van der Waals surface area contributed by atoms with Gasteiger partial charge in [0.2, 0.25) is 0 Å². The molecule has 0 heterocycles. The maximum Gasteiger partial charge on any atom is 0.0744 e. The van der Waals surface area contributed by atoms with E-state index in [0.717, 1.165) is 37.2 Å². The smallest absolute Gasteiger partial charge is 0.0744 e. The molecule has 0 aromatic rings. The Morgan fingerprint density at radius 2 is 1.66 bits per heavy atom. The number of hydrogen-bond acceptors (Lipinski definition) is 2. The molecule has 4 aliphatic rings. The van der Waals surface area contributed by atoms with Gasteiger partial charge in [0.15, 0.2) is 0 Å². The van der Waals surface area contributed by atoms with Gasteiger partial charge in [0, 0.05) is 0 Å². The van der Waals surface area contributed by atoms with Gasteiger partial charge in [-0.25, -0.2) is 0 Å². The lowest BCUT2D eigenvalue weighted by Crippen LogP contribution is -2.55. The molecule has 0 saturated heterocycles. The molecule has 2 fully saturated rings. The van der Waals surface area contributed by atoms with Crippen LogP contribution in [-0.4, -0.2) is 22.4 Å². The lowest BCUT2D eigenvalue weighted by atomic mass is 9.43. The van der Waals surface area contributed by atoms with Crippen LogP contribution in [0.2, 0.25) is 0 Å². The fraction of sp³-hybridized carbons (Fsp3) is 0.867. The molecular weight excluding hydrogens is 392 g/mol. The van der Waals surface area contributed by atoms with Crippen molar-refractivity contribution < 1.29 is 10.2 Å². The molecular formula is C30H50O2. The van der Waals surface area contributed by atoms with Gasteiger partial charge in [-0.15, -0.1) is 0 Å². The summed E-state index contributed by atoms with van der Waals surface area (Å²) >= 11 is 0. The molecule has 4 aliphatic carbocycles. The molecule has 0 spiro atoms. The van der Waals surface area contributed by atoms with E-state index in [2.05, 4.69) is 48.1 Å². The molecule has 182 valence electrons. The van der Waals surface area contributed by atoms with E-state index in [0.29, 0.717) is 22.7 Å². The predicted octanol–water partition coefficient (Wildman–Crippen LogP) is 7.45. The first-order valence-electron chi connectivity index (χ1n) is 13.5. The molecule has 2 nitrogen and oxygen atoms in total. The predicted molar refractivity (Wildman–Crippen MR) is 134 cm³/mol. The maximum atomic E-state index is 10.8. The Kier molecular flexibility index (Phi) is 6.11. The van der Waals surface area contributed by atoms with E-state index in [1.54, 1.807) is 5.57 Å². The molecule has 32 heavy (non-hydrogen) atoms. The Hall–Kier alpha value is -0.600. The second-order valence-corrected chi connectivity index (χ2v) is 13.7. The van der Waals surface area contributed by atoms with Crippen LogP contribution in [-0.2, 0) is 0 Å². The fourth-order valence-electron chi connectivity index (χ4n) is 9.50. The highest BCUT2D eigenvalue weighted by molar-refractivity contribution is 5.38. The fourth-order valence-corrected chi connectivity index (χ4v) is 9.50. The van der Waals surface area contributed by atoms with Gasteiger partial charge in [-0.1, -0.05) is 64.8 Å². The molecule has 2 saturated carbocycles. The molecule has 2 heteroatoms. The minimum atomic E-state index is -0.348. The summed E-state index contributed by atoms with van der Waals surface area (Å²) in [5.74, 6) is 1.99. The molecule has 0 aromatic carbocycles. The Labute approximate surface area is 198 Å². The Morgan fingerprint density at radius 1 is 0.969 bits per heavy atom. The topological polar surface area (TPSA) is 40.5 Å². The van der Waals surface area contributed by atoms with Gasteiger partial charge in [-0.3, -0.25) is 0 Å². The molecule has 0 aliphatic heterocycles. The molecule has 0 bridgehead atoms. The zero-order valence-electron chi connectivity index (χ0n) is 22.1. The van der Waals surface area contributed by atoms with Crippen molar-refractivity contribution in [3.8, 4) is 0 Å². The average Bonchev–Trinajstić information content (AvgIpc) is 3.00. The van der Waals surface area contributed by atoms with Crippen LogP contribution >= 0.6 is 0 Å². The summed E-state index contributed by atoms with van der Waals surface area (Å²) in [5, 5.41) is 21.1. The number of allylic oxidation sites excluding steroid dienone is 2. The van der Waals surface area contributed by atoms with Crippen molar-refractivity contribution in [2.45, 2.75) is 125 Å². The third-order valence-electron chi connectivity index (χ3n) is 11.9. The van der Waals surface area contributed by atoms with E-state index in [1.807, 2.05) is 12.5 Å². The lowest BCUT2D eigenvalue weighted by molar-refractivity contribution is -0.0962. The maximum absolute atomic E-state index is 10.8. The van der Waals surface area contributed by atoms with Gasteiger partial charge in [0.05, 0.1) is 12.2 Å². The molecule has 0 radical (unpaired) electrons. The Balaban J connectivity index is 1.62. The van der Waals surface area contributed by atoms with Crippen LogP contribution in [0.1, 0.15) is 113 Å². The number of aliphatic hydroxyl groups excluding tert-OH is 2. The lowest BCUT2D eigenvalue weighted by Gasteiger charge is -2.62. The van der Waals surface area contributed by atoms with Gasteiger partial charge in [-0.2, -0.15) is 0 Å². The molecule has 1 unspecified atom stereocenters. The summed E-state index contributed by atoms with van der Waals surface area (Å²) in [6.07, 6.45) is 11.3. The van der Waals surface area contributed by atoms with E-state index >= 15 is 0 Å². The summed E-state index contributed by atoms with van der Waals surface area (Å²) in [6.45, 7) is 20.8. The zero-order chi connectivity index (χ0) is 23.7. The van der Waals surface area contributed by atoms with Gasteiger partial charge in [0.25, 0.3) is 0 Å². The number of fused-ring (bicyclic) bond motifs is 4. The highest BCUT2D eigenvalue weighted by Gasteiger charge is 2.63. The minimum absolute atomic E-state index is 0.0179. The van der Waals surface area contributed by atoms with Crippen LogP contribution in [0.25, 0.3) is 0 Å². The largest absolute Gasteiger partial charge is 0.393 e. The quantitative estimate of drug-likeness (QED) is 0.434. The SMILES string of the molecule is C=C(C)C(O)CC[C@@H](C)[C@@H]1CC[C@]2(C)C3=C(CC[C@@]12C)[C@@]1(C)CC[C@H](O)C(C)(C)[C@@H]1CC3. The van der Waals surface area contributed by atoms with Crippen molar-refractivity contribution in [2.24, 2.45) is 39.4 Å². The van der Waals surface area contributed by atoms with E-state index in [4.69, 9.17) is 0 Å². The van der Waals surface area contributed by atoms with Gasteiger partial charge in [0.1, 0.15) is 0 Å². The molecule has 8 atom stereocenters. The van der Waals surface area contributed by atoms with Crippen LogP contribution in [0.4, 0.5) is 0 Å². The summed E-state index contributed by atoms with van der Waals surface area (Å²) < 4.78 is 0. The van der Waals surface area contributed by atoms with Crippen LogP contribution < -0.4 is 0 Å².